The lowest BCUT2D eigenvalue weighted by Gasteiger charge is -2.36. The van der Waals surface area contributed by atoms with Gasteiger partial charge in [-0.1, -0.05) is 6.07 Å². The number of aromatic nitrogens is 3. The van der Waals surface area contributed by atoms with Gasteiger partial charge in [0.15, 0.2) is 0 Å². The minimum atomic E-state index is -0.556. The van der Waals surface area contributed by atoms with Gasteiger partial charge in [-0.15, -0.1) is 0 Å². The number of nitrogens with zero attached hydrogens (tertiary/aromatic N) is 4. The number of pyridine rings is 1. The molecule has 0 radical (unpaired) electrons. The number of ether oxygens (including phenoxy) is 3. The standard InChI is InChI=1S/C26H38N6O5/c1-17-23(18(2)32(19-9-10-19)25(33)22-15-27-14-20(37-22)16-35-3)30-31(13-7-12-29-26(34)36-4)24(17)21-8-5-6-11-28-21/h5-6,8,11,18-20,22,27H,7,9-10,12-16H2,1-4H3,(H,29,34)/t18-,20-,22+/m0/s1. The van der Waals surface area contributed by atoms with Crippen molar-refractivity contribution in [2.24, 2.45) is 0 Å². The number of rotatable bonds is 11. The van der Waals surface area contributed by atoms with E-state index >= 15 is 0 Å². The maximum atomic E-state index is 13.7. The van der Waals surface area contributed by atoms with E-state index in [1.807, 2.05) is 41.6 Å². The molecule has 0 aromatic carbocycles. The molecule has 2 aromatic rings. The van der Waals surface area contributed by atoms with Crippen molar-refractivity contribution in [3.8, 4) is 11.4 Å². The number of aryl methyl sites for hydroxylation is 1. The van der Waals surface area contributed by atoms with Crippen molar-refractivity contribution in [2.45, 2.75) is 63.9 Å². The lowest BCUT2D eigenvalue weighted by molar-refractivity contribution is -0.156. The van der Waals surface area contributed by atoms with Crippen molar-refractivity contribution >= 4 is 12.0 Å². The smallest absolute Gasteiger partial charge is 0.406 e. The molecule has 2 amide bonds. The Labute approximate surface area is 217 Å². The second-order valence-electron chi connectivity index (χ2n) is 9.58. The number of hydrogen-bond donors (Lipinski definition) is 2. The topological polar surface area (TPSA) is 120 Å². The summed E-state index contributed by atoms with van der Waals surface area (Å²) >= 11 is 0. The number of nitrogens with one attached hydrogen (secondary N) is 2. The molecule has 37 heavy (non-hydrogen) atoms. The molecular formula is C26H38N6O5. The fraction of sp³-hybridized carbons (Fsp3) is 0.615. The minimum Gasteiger partial charge on any atom is -0.453 e. The molecule has 2 N–H and O–H groups in total. The Hall–Kier alpha value is -3.02. The maximum absolute atomic E-state index is 13.7. The summed E-state index contributed by atoms with van der Waals surface area (Å²) in [4.78, 5) is 31.7. The normalized spacial score (nSPS) is 20.3. The molecule has 202 valence electrons. The van der Waals surface area contributed by atoms with E-state index in [-0.39, 0.29) is 24.1 Å². The van der Waals surface area contributed by atoms with E-state index in [1.54, 1.807) is 13.3 Å². The van der Waals surface area contributed by atoms with Crippen molar-refractivity contribution < 1.29 is 23.8 Å². The zero-order valence-electron chi connectivity index (χ0n) is 22.1. The molecule has 1 aliphatic carbocycles. The van der Waals surface area contributed by atoms with Crippen LogP contribution in [0, 0.1) is 6.92 Å². The summed E-state index contributed by atoms with van der Waals surface area (Å²) < 4.78 is 17.9. The van der Waals surface area contributed by atoms with Crippen LogP contribution in [-0.2, 0) is 25.5 Å². The molecule has 1 saturated carbocycles. The molecule has 1 saturated heterocycles. The summed E-state index contributed by atoms with van der Waals surface area (Å²) in [5.74, 6) is -0.0149. The monoisotopic (exact) mass is 514 g/mol. The first-order valence-corrected chi connectivity index (χ1v) is 12.9. The highest BCUT2D eigenvalue weighted by Gasteiger charge is 2.42. The number of morpholine rings is 1. The Balaban J connectivity index is 1.58. The summed E-state index contributed by atoms with van der Waals surface area (Å²) in [6, 6.07) is 5.74. The molecule has 0 unspecified atom stereocenters. The van der Waals surface area contributed by atoms with E-state index in [2.05, 4.69) is 20.4 Å². The number of amides is 2. The Bertz CT molecular complexity index is 1060. The third kappa shape index (κ3) is 6.46. The van der Waals surface area contributed by atoms with E-state index in [4.69, 9.17) is 14.6 Å². The molecular weight excluding hydrogens is 476 g/mol. The highest BCUT2D eigenvalue weighted by molar-refractivity contribution is 5.82. The number of hydrogen-bond acceptors (Lipinski definition) is 8. The van der Waals surface area contributed by atoms with Gasteiger partial charge in [-0.3, -0.25) is 14.5 Å². The molecule has 0 spiro atoms. The van der Waals surface area contributed by atoms with Gasteiger partial charge < -0.3 is 29.7 Å². The highest BCUT2D eigenvalue weighted by Crippen LogP contribution is 2.38. The Kier molecular flexibility index (Phi) is 9.12. The molecule has 4 rings (SSSR count). The molecule has 11 heteroatoms. The molecule has 2 fully saturated rings. The fourth-order valence-electron chi connectivity index (χ4n) is 4.92. The molecule has 0 bridgehead atoms. The first kappa shape index (κ1) is 27.0. The molecule has 11 nitrogen and oxygen atoms in total. The van der Waals surface area contributed by atoms with E-state index in [0.717, 1.165) is 35.5 Å². The second kappa shape index (κ2) is 12.5. The van der Waals surface area contributed by atoms with Gasteiger partial charge >= 0.3 is 6.09 Å². The van der Waals surface area contributed by atoms with Gasteiger partial charge in [0.05, 0.1) is 42.9 Å². The van der Waals surface area contributed by atoms with Crippen molar-refractivity contribution in [2.75, 3.05) is 40.5 Å². The second-order valence-corrected chi connectivity index (χ2v) is 9.58. The third-order valence-corrected chi connectivity index (χ3v) is 6.83. The van der Waals surface area contributed by atoms with E-state index in [9.17, 15) is 9.59 Å². The summed E-state index contributed by atoms with van der Waals surface area (Å²) in [5.41, 5.74) is 3.57. The van der Waals surface area contributed by atoms with Crippen molar-refractivity contribution in [3.05, 3.63) is 35.7 Å². The van der Waals surface area contributed by atoms with Gasteiger partial charge in [0.1, 0.15) is 6.10 Å². The number of carbonyl (C=O) groups is 2. The van der Waals surface area contributed by atoms with Gasteiger partial charge in [-0.2, -0.15) is 5.10 Å². The zero-order valence-corrected chi connectivity index (χ0v) is 22.1. The number of carbonyl (C=O) groups excluding carboxylic acids is 2. The quantitative estimate of drug-likeness (QED) is 0.437. The van der Waals surface area contributed by atoms with Crippen LogP contribution in [0.5, 0.6) is 0 Å². The molecule has 2 aromatic heterocycles. The third-order valence-electron chi connectivity index (χ3n) is 6.83. The van der Waals surface area contributed by atoms with Crippen LogP contribution in [0.3, 0.4) is 0 Å². The Morgan fingerprint density at radius 3 is 2.78 bits per heavy atom. The summed E-state index contributed by atoms with van der Waals surface area (Å²) in [6.07, 6.45) is 3.21. The Morgan fingerprint density at radius 1 is 1.30 bits per heavy atom. The van der Waals surface area contributed by atoms with Crippen LogP contribution in [0.1, 0.15) is 43.5 Å². The van der Waals surface area contributed by atoms with Crippen LogP contribution >= 0.6 is 0 Å². The lowest BCUT2D eigenvalue weighted by Crippen LogP contribution is -2.54. The summed E-state index contributed by atoms with van der Waals surface area (Å²) in [6.45, 7) is 6.70. The summed E-state index contributed by atoms with van der Waals surface area (Å²) in [5, 5.41) is 11.0. The van der Waals surface area contributed by atoms with Gasteiger partial charge in [-0.25, -0.2) is 4.79 Å². The van der Waals surface area contributed by atoms with Crippen LogP contribution in [0.15, 0.2) is 24.4 Å². The SMILES string of the molecule is COC[C@@H]1CNC[C@H](C(=O)N(C2CC2)[C@@H](C)c2nn(CCCNC(=O)OC)c(-c3ccccn3)c2C)O1. The molecule has 1 aliphatic heterocycles. The van der Waals surface area contributed by atoms with Crippen molar-refractivity contribution in [3.63, 3.8) is 0 Å². The predicted octanol–water partition coefficient (Wildman–Crippen LogP) is 2.06. The molecule has 3 atom stereocenters. The molecule has 2 aliphatic rings. The van der Waals surface area contributed by atoms with Crippen molar-refractivity contribution in [1.29, 1.82) is 0 Å². The van der Waals surface area contributed by atoms with Gasteiger partial charge in [-0.05, 0) is 45.2 Å². The molecule has 3 heterocycles. The van der Waals surface area contributed by atoms with E-state index < -0.39 is 12.2 Å². The number of alkyl carbamates (subject to hydrolysis) is 1. The van der Waals surface area contributed by atoms with Gasteiger partial charge in [0.2, 0.25) is 0 Å². The highest BCUT2D eigenvalue weighted by atomic mass is 16.5. The Morgan fingerprint density at radius 2 is 2.11 bits per heavy atom. The van der Waals surface area contributed by atoms with Crippen LogP contribution in [-0.4, -0.2) is 90.4 Å². The van der Waals surface area contributed by atoms with Gasteiger partial charge in [0, 0.05) is 51.1 Å². The van der Waals surface area contributed by atoms with Crippen molar-refractivity contribution in [1.82, 2.24) is 30.3 Å². The van der Waals surface area contributed by atoms with Crippen LogP contribution in [0.4, 0.5) is 4.79 Å². The van der Waals surface area contributed by atoms with E-state index in [0.29, 0.717) is 39.2 Å². The maximum Gasteiger partial charge on any atom is 0.406 e. The van der Waals surface area contributed by atoms with Crippen LogP contribution in [0.25, 0.3) is 11.4 Å². The predicted molar refractivity (Wildman–Crippen MR) is 137 cm³/mol. The van der Waals surface area contributed by atoms with E-state index in [1.165, 1.54) is 7.11 Å². The van der Waals surface area contributed by atoms with Crippen LogP contribution < -0.4 is 10.6 Å². The lowest BCUT2D eigenvalue weighted by atomic mass is 10.0. The first-order valence-electron chi connectivity index (χ1n) is 12.9. The summed E-state index contributed by atoms with van der Waals surface area (Å²) in [7, 11) is 2.98. The average molecular weight is 515 g/mol. The average Bonchev–Trinajstić information content (AvgIpc) is 3.69. The first-order chi connectivity index (χ1) is 17.9. The fourth-order valence-corrected chi connectivity index (χ4v) is 4.92. The zero-order chi connectivity index (χ0) is 26.4. The largest absolute Gasteiger partial charge is 0.453 e. The van der Waals surface area contributed by atoms with Crippen LogP contribution in [0.2, 0.25) is 0 Å². The van der Waals surface area contributed by atoms with Gasteiger partial charge in [0.25, 0.3) is 5.91 Å². The number of methoxy groups -OCH3 is 2. The minimum absolute atomic E-state index is 0.0149.